The molecule has 49 valence electrons. The van der Waals surface area contributed by atoms with Crippen LogP contribution in [0.1, 0.15) is 0 Å². The fraction of sp³-hybridized carbons (Fsp3) is 0. The Labute approximate surface area is 57.5 Å². The van der Waals surface area contributed by atoms with Crippen LogP contribution in [0.15, 0.2) is 24.4 Å². The largest absolute Gasteiger partial charge is 0.361 e. The highest BCUT2D eigenvalue weighted by atomic mass is 19.1. The highest BCUT2D eigenvalue weighted by molar-refractivity contribution is 5.78. The lowest BCUT2D eigenvalue weighted by molar-refractivity contribution is 0.627. The van der Waals surface area contributed by atoms with Gasteiger partial charge in [0.05, 0.1) is 0 Å². The first-order chi connectivity index (χ1) is 4.86. The number of nitrogens with one attached hydrogen (secondary N) is 1. The van der Waals surface area contributed by atoms with E-state index in [-0.39, 0.29) is 5.82 Å². The summed E-state index contributed by atoms with van der Waals surface area (Å²) in [5.74, 6) is -0.313. The Hall–Kier alpha value is -1.31. The first-order valence-electron chi connectivity index (χ1n) is 3.01. The number of aromatic nitrogens is 1. The third-order valence-electron chi connectivity index (χ3n) is 1.43. The fourth-order valence-corrected chi connectivity index (χ4v) is 0.956. The first kappa shape index (κ1) is 5.47. The second-order valence-electron chi connectivity index (χ2n) is 2.11. The fourth-order valence-electron chi connectivity index (χ4n) is 0.956. The van der Waals surface area contributed by atoms with Crippen molar-refractivity contribution in [2.24, 2.45) is 0 Å². The minimum Gasteiger partial charge on any atom is -0.361 e. The predicted octanol–water partition coefficient (Wildman–Crippen LogP) is 2.11. The molecule has 0 spiro atoms. The minimum atomic E-state index is -0.313. The summed E-state index contributed by atoms with van der Waals surface area (Å²) < 4.78 is 12.4. The number of benzene rings is 1. The van der Waals surface area contributed by atoms with Crippen LogP contribution in [0.3, 0.4) is 0 Å². The summed E-state index contributed by atoms with van der Waals surface area (Å²) in [6.07, 6.45) is 1.76. The van der Waals surface area contributed by atoms with Crippen molar-refractivity contribution in [1.29, 1.82) is 0 Å². The van der Waals surface area contributed by atoms with Gasteiger partial charge >= 0.3 is 0 Å². The average Bonchev–Trinajstić information content (AvgIpc) is 2.33. The van der Waals surface area contributed by atoms with E-state index in [4.69, 9.17) is 0 Å². The van der Waals surface area contributed by atoms with Crippen LogP contribution in [0.25, 0.3) is 10.9 Å². The van der Waals surface area contributed by atoms with E-state index in [1.165, 1.54) is 6.07 Å². The molecule has 2 heteroatoms. The molecule has 1 aromatic carbocycles. The maximum absolute atomic E-state index is 12.4. The first-order valence-corrected chi connectivity index (χ1v) is 3.01. The normalized spacial score (nSPS) is 10.5. The average molecular weight is 134 g/mol. The summed E-state index contributed by atoms with van der Waals surface area (Å²) in [5.41, 5.74) is 0.918. The van der Waals surface area contributed by atoms with Gasteiger partial charge in [-0.3, -0.25) is 0 Å². The van der Waals surface area contributed by atoms with Gasteiger partial charge in [0, 0.05) is 23.2 Å². The summed E-state index contributed by atoms with van der Waals surface area (Å²) in [6.45, 7) is 0. The third-order valence-corrected chi connectivity index (χ3v) is 1.43. The van der Waals surface area contributed by atoms with Crippen LogP contribution >= 0.6 is 0 Å². The lowest BCUT2D eigenvalue weighted by atomic mass is 10.2. The molecular formula is C8H5FN. The van der Waals surface area contributed by atoms with Crippen molar-refractivity contribution in [2.45, 2.75) is 0 Å². The van der Waals surface area contributed by atoms with Crippen molar-refractivity contribution in [3.63, 3.8) is 0 Å². The SMILES string of the molecule is Fc1[c]c2cc[nH]c2cc1. The molecule has 0 saturated heterocycles. The number of fused-ring (bicyclic) bond motifs is 1. The number of rotatable bonds is 0. The second kappa shape index (κ2) is 1.84. The van der Waals surface area contributed by atoms with Crippen LogP contribution in [-0.2, 0) is 0 Å². The second-order valence-corrected chi connectivity index (χ2v) is 2.11. The lowest BCUT2D eigenvalue weighted by Gasteiger charge is -1.86. The van der Waals surface area contributed by atoms with E-state index in [2.05, 4.69) is 11.1 Å². The van der Waals surface area contributed by atoms with E-state index in [1.54, 1.807) is 18.3 Å². The summed E-state index contributed by atoms with van der Waals surface area (Å²) in [6, 6.07) is 7.45. The van der Waals surface area contributed by atoms with Gasteiger partial charge in [0.15, 0.2) is 0 Å². The molecule has 0 aliphatic rings. The van der Waals surface area contributed by atoms with E-state index < -0.39 is 0 Å². The molecule has 1 nitrogen and oxygen atoms in total. The summed E-state index contributed by atoms with van der Waals surface area (Å²) in [5, 5.41) is 0.792. The van der Waals surface area contributed by atoms with Gasteiger partial charge in [0.2, 0.25) is 0 Å². The van der Waals surface area contributed by atoms with Crippen LogP contribution in [0.5, 0.6) is 0 Å². The van der Waals surface area contributed by atoms with Gasteiger partial charge in [-0.2, -0.15) is 0 Å². The van der Waals surface area contributed by atoms with Crippen molar-refractivity contribution in [3.8, 4) is 0 Å². The predicted molar refractivity (Wildman–Crippen MR) is 37.1 cm³/mol. The van der Waals surface area contributed by atoms with Crippen LogP contribution in [0.4, 0.5) is 4.39 Å². The van der Waals surface area contributed by atoms with Gasteiger partial charge in [0.1, 0.15) is 5.82 Å². The number of halogens is 1. The Morgan fingerprint density at radius 2 is 2.20 bits per heavy atom. The molecule has 0 fully saturated rings. The van der Waals surface area contributed by atoms with E-state index in [0.717, 1.165) is 10.9 Å². The Bertz CT molecular complexity index is 351. The molecule has 1 N–H and O–H groups in total. The van der Waals surface area contributed by atoms with Gasteiger partial charge in [-0.1, -0.05) is 0 Å². The molecule has 0 unspecified atom stereocenters. The Morgan fingerprint density at radius 1 is 1.30 bits per heavy atom. The quantitative estimate of drug-likeness (QED) is 0.568. The summed E-state index contributed by atoms with van der Waals surface area (Å²) in [4.78, 5) is 2.95. The zero-order valence-electron chi connectivity index (χ0n) is 5.19. The molecule has 10 heavy (non-hydrogen) atoms. The Balaban J connectivity index is 2.86. The highest BCUT2D eigenvalue weighted by Crippen LogP contribution is 2.11. The summed E-state index contributed by atoms with van der Waals surface area (Å²) in [7, 11) is 0. The molecule has 0 amide bonds. The van der Waals surface area contributed by atoms with Crippen LogP contribution in [0, 0.1) is 11.9 Å². The third kappa shape index (κ3) is 0.692. The van der Waals surface area contributed by atoms with Gasteiger partial charge < -0.3 is 4.98 Å². The van der Waals surface area contributed by atoms with E-state index >= 15 is 0 Å². The van der Waals surface area contributed by atoms with Crippen LogP contribution in [-0.4, -0.2) is 4.98 Å². The van der Waals surface area contributed by atoms with Crippen LogP contribution < -0.4 is 0 Å². The van der Waals surface area contributed by atoms with Crippen LogP contribution in [0.2, 0.25) is 0 Å². The van der Waals surface area contributed by atoms with E-state index in [1.807, 2.05) is 0 Å². The number of H-pyrrole nitrogens is 1. The molecule has 0 aliphatic carbocycles. The van der Waals surface area contributed by atoms with Crippen molar-refractivity contribution in [3.05, 3.63) is 36.3 Å². The highest BCUT2D eigenvalue weighted by Gasteiger charge is 1.94. The molecule has 0 atom stereocenters. The standard InChI is InChI=1S/C8H5FN/c9-7-1-2-8-6(5-7)3-4-10-8/h1-4,10H. The Morgan fingerprint density at radius 3 is 3.10 bits per heavy atom. The molecule has 0 aliphatic heterocycles. The molecule has 1 aromatic heterocycles. The lowest BCUT2D eigenvalue weighted by Crippen LogP contribution is -1.71. The summed E-state index contributed by atoms with van der Waals surface area (Å²) >= 11 is 0. The zero-order chi connectivity index (χ0) is 6.97. The smallest absolute Gasteiger partial charge is 0.131 e. The van der Waals surface area contributed by atoms with Gasteiger partial charge in [0.25, 0.3) is 0 Å². The molecule has 0 saturated carbocycles. The molecule has 2 rings (SSSR count). The molecule has 2 aromatic rings. The monoisotopic (exact) mass is 134 g/mol. The van der Waals surface area contributed by atoms with E-state index in [0.29, 0.717) is 0 Å². The number of aromatic amines is 1. The molecule has 1 heterocycles. The molecular weight excluding hydrogens is 129 g/mol. The van der Waals surface area contributed by atoms with Crippen molar-refractivity contribution in [1.82, 2.24) is 4.98 Å². The maximum Gasteiger partial charge on any atom is 0.131 e. The number of hydrogen-bond donors (Lipinski definition) is 1. The van der Waals surface area contributed by atoms with Crippen molar-refractivity contribution >= 4 is 10.9 Å². The van der Waals surface area contributed by atoms with E-state index in [9.17, 15) is 4.39 Å². The molecule has 1 radical (unpaired) electrons. The Kier molecular flexibility index (Phi) is 1.01. The minimum absolute atomic E-state index is 0.313. The zero-order valence-corrected chi connectivity index (χ0v) is 5.19. The van der Waals surface area contributed by atoms with Gasteiger partial charge in [-0.05, 0) is 18.2 Å². The maximum atomic E-state index is 12.4. The molecule has 0 bridgehead atoms. The van der Waals surface area contributed by atoms with Gasteiger partial charge in [-0.25, -0.2) is 4.39 Å². The van der Waals surface area contributed by atoms with Gasteiger partial charge in [-0.15, -0.1) is 0 Å². The topological polar surface area (TPSA) is 15.8 Å². The van der Waals surface area contributed by atoms with Crippen molar-refractivity contribution in [2.75, 3.05) is 0 Å². The number of hydrogen-bond acceptors (Lipinski definition) is 0. The van der Waals surface area contributed by atoms with Crippen molar-refractivity contribution < 1.29 is 4.39 Å².